The lowest BCUT2D eigenvalue weighted by Crippen LogP contribution is -2.56. The van der Waals surface area contributed by atoms with E-state index in [-0.39, 0.29) is 29.3 Å². The van der Waals surface area contributed by atoms with Crippen LogP contribution in [0.25, 0.3) is 0 Å². The first-order valence-corrected chi connectivity index (χ1v) is 12.5. The molecule has 0 unspecified atom stereocenters. The van der Waals surface area contributed by atoms with Crippen LogP contribution in [0.2, 0.25) is 0 Å². The summed E-state index contributed by atoms with van der Waals surface area (Å²) in [6.45, 7) is 4.45. The minimum Gasteiger partial charge on any atom is -0.358 e. The number of nitrogens with zero attached hydrogens (tertiary/aromatic N) is 3. The summed E-state index contributed by atoms with van der Waals surface area (Å²) < 4.78 is 26.6. The average molecular weight is 471 g/mol. The highest BCUT2D eigenvalue weighted by atomic mass is 32.2. The van der Waals surface area contributed by atoms with E-state index in [1.165, 1.54) is 25.1 Å². The van der Waals surface area contributed by atoms with Gasteiger partial charge in [0.05, 0.1) is 16.3 Å². The third-order valence-corrected chi connectivity index (χ3v) is 8.00. The Morgan fingerprint density at radius 2 is 1.76 bits per heavy atom. The van der Waals surface area contributed by atoms with Gasteiger partial charge in [-0.3, -0.25) is 14.5 Å². The van der Waals surface area contributed by atoms with Crippen molar-refractivity contribution in [1.82, 2.24) is 4.31 Å². The van der Waals surface area contributed by atoms with Crippen molar-refractivity contribution in [2.24, 2.45) is 0 Å². The number of benzene rings is 2. The fourth-order valence-corrected chi connectivity index (χ4v) is 5.59. The van der Waals surface area contributed by atoms with E-state index in [1.54, 1.807) is 12.1 Å². The smallest absolute Gasteiger partial charge is 0.250 e. The van der Waals surface area contributed by atoms with Crippen molar-refractivity contribution in [1.29, 1.82) is 0 Å². The van der Waals surface area contributed by atoms with Gasteiger partial charge in [0.2, 0.25) is 21.8 Å². The Balaban J connectivity index is 1.70. The van der Waals surface area contributed by atoms with Crippen LogP contribution in [0, 0.1) is 13.8 Å². The molecule has 4 rings (SSSR count). The van der Waals surface area contributed by atoms with Gasteiger partial charge in [0.15, 0.2) is 0 Å². The lowest BCUT2D eigenvalue weighted by Gasteiger charge is -2.45. The van der Waals surface area contributed by atoms with Gasteiger partial charge in [0.25, 0.3) is 0 Å². The molecule has 0 bridgehead atoms. The fourth-order valence-electron chi connectivity index (χ4n) is 4.66. The van der Waals surface area contributed by atoms with Gasteiger partial charge in [-0.05, 0) is 74.6 Å². The maximum Gasteiger partial charge on any atom is 0.250 e. The van der Waals surface area contributed by atoms with E-state index in [2.05, 4.69) is 5.32 Å². The molecule has 2 aromatic rings. The van der Waals surface area contributed by atoms with Crippen molar-refractivity contribution in [3.63, 3.8) is 0 Å². The Bertz CT molecular complexity index is 1190. The predicted octanol–water partition coefficient (Wildman–Crippen LogP) is 2.90. The van der Waals surface area contributed by atoms with Gasteiger partial charge in [-0.1, -0.05) is 6.07 Å². The molecule has 1 saturated heterocycles. The Kier molecular flexibility index (Phi) is 6.20. The summed E-state index contributed by atoms with van der Waals surface area (Å²) in [4.78, 5) is 30.0. The van der Waals surface area contributed by atoms with Crippen molar-refractivity contribution in [2.75, 3.05) is 42.3 Å². The second-order valence-corrected chi connectivity index (χ2v) is 11.1. The molecule has 0 saturated carbocycles. The molecule has 8 nitrogen and oxygen atoms in total. The molecular weight excluding hydrogens is 440 g/mol. The molecule has 2 aliphatic heterocycles. The number of amides is 2. The summed E-state index contributed by atoms with van der Waals surface area (Å²) in [6.07, 6.45) is 2.62. The second-order valence-electron chi connectivity index (χ2n) is 8.99. The highest BCUT2D eigenvalue weighted by molar-refractivity contribution is 7.89. The molecule has 1 fully saturated rings. The Labute approximate surface area is 195 Å². The maximum atomic E-state index is 13.5. The van der Waals surface area contributed by atoms with Crippen molar-refractivity contribution in [3.8, 4) is 0 Å². The van der Waals surface area contributed by atoms with E-state index in [0.717, 1.165) is 40.5 Å². The highest BCUT2D eigenvalue weighted by Crippen LogP contribution is 2.40. The molecule has 33 heavy (non-hydrogen) atoms. The Morgan fingerprint density at radius 3 is 2.42 bits per heavy atom. The molecule has 9 heteroatoms. The van der Waals surface area contributed by atoms with Gasteiger partial charge in [-0.2, -0.15) is 0 Å². The van der Waals surface area contributed by atoms with Gasteiger partial charge in [0.1, 0.15) is 12.6 Å². The standard InChI is InChI=1S/C24H30N4O4S/c1-16-11-17(2)13-18(12-16)25-23(29)15-28-22-14-19(33(31,32)26(3)4)8-9-20(22)27-10-6-5-7-21(27)24(28)30/h8-9,11-14,21H,5-7,10,15H2,1-4H3,(H,25,29)/t21-/m0/s1. The summed E-state index contributed by atoms with van der Waals surface area (Å²) in [7, 11) is -0.755. The van der Waals surface area contributed by atoms with E-state index in [0.29, 0.717) is 17.8 Å². The van der Waals surface area contributed by atoms with Crippen molar-refractivity contribution < 1.29 is 18.0 Å². The van der Waals surface area contributed by atoms with Crippen LogP contribution < -0.4 is 15.1 Å². The first kappa shape index (κ1) is 23.3. The molecular formula is C24H30N4O4S. The largest absolute Gasteiger partial charge is 0.358 e. The quantitative estimate of drug-likeness (QED) is 0.726. The number of nitrogens with one attached hydrogen (secondary N) is 1. The monoisotopic (exact) mass is 470 g/mol. The zero-order valence-electron chi connectivity index (χ0n) is 19.5. The van der Waals surface area contributed by atoms with E-state index >= 15 is 0 Å². The Hall–Kier alpha value is -2.91. The van der Waals surface area contributed by atoms with Crippen LogP contribution in [0.1, 0.15) is 30.4 Å². The second kappa shape index (κ2) is 8.79. The molecule has 2 heterocycles. The van der Waals surface area contributed by atoms with E-state index in [9.17, 15) is 18.0 Å². The summed E-state index contributed by atoms with van der Waals surface area (Å²) in [5, 5.41) is 2.88. The molecule has 0 radical (unpaired) electrons. The predicted molar refractivity (Wildman–Crippen MR) is 129 cm³/mol. The summed E-state index contributed by atoms with van der Waals surface area (Å²) >= 11 is 0. The molecule has 2 aliphatic rings. The van der Waals surface area contributed by atoms with Crippen molar-refractivity contribution in [3.05, 3.63) is 47.5 Å². The number of anilines is 3. The average Bonchev–Trinajstić information content (AvgIpc) is 2.75. The van der Waals surface area contributed by atoms with Crippen LogP contribution in [-0.2, 0) is 19.6 Å². The molecule has 1 N–H and O–H groups in total. The number of sulfonamides is 1. The highest BCUT2D eigenvalue weighted by Gasteiger charge is 2.40. The number of carbonyl (C=O) groups excluding carboxylic acids is 2. The molecule has 0 aliphatic carbocycles. The summed E-state index contributed by atoms with van der Waals surface area (Å²) in [5.41, 5.74) is 3.97. The van der Waals surface area contributed by atoms with Gasteiger partial charge >= 0.3 is 0 Å². The number of aryl methyl sites for hydroxylation is 2. The van der Waals surface area contributed by atoms with E-state index in [4.69, 9.17) is 0 Å². The van der Waals surface area contributed by atoms with Gasteiger partial charge in [-0.25, -0.2) is 12.7 Å². The molecule has 2 amide bonds. The maximum absolute atomic E-state index is 13.5. The van der Waals surface area contributed by atoms with Crippen LogP contribution >= 0.6 is 0 Å². The van der Waals surface area contributed by atoms with Crippen LogP contribution in [0.3, 0.4) is 0 Å². The van der Waals surface area contributed by atoms with E-state index in [1.807, 2.05) is 36.9 Å². The lowest BCUT2D eigenvalue weighted by atomic mass is 9.96. The number of hydrogen-bond acceptors (Lipinski definition) is 5. The molecule has 0 spiro atoms. The minimum atomic E-state index is -3.69. The van der Waals surface area contributed by atoms with Crippen LogP contribution in [0.5, 0.6) is 0 Å². The zero-order valence-corrected chi connectivity index (χ0v) is 20.3. The van der Waals surface area contributed by atoms with Crippen LogP contribution in [0.4, 0.5) is 17.1 Å². The third-order valence-electron chi connectivity index (χ3n) is 6.19. The minimum absolute atomic E-state index is 0.0919. The molecule has 0 aromatic heterocycles. The normalized spacial score (nSPS) is 18.2. The van der Waals surface area contributed by atoms with Crippen LogP contribution in [0.15, 0.2) is 41.3 Å². The molecule has 2 aromatic carbocycles. The van der Waals surface area contributed by atoms with E-state index < -0.39 is 10.0 Å². The number of hydrogen-bond donors (Lipinski definition) is 1. The van der Waals surface area contributed by atoms with Gasteiger partial charge in [0, 0.05) is 26.3 Å². The number of piperidine rings is 1. The first-order valence-electron chi connectivity index (χ1n) is 11.1. The molecule has 1 atom stereocenters. The zero-order chi connectivity index (χ0) is 23.9. The number of fused-ring (bicyclic) bond motifs is 3. The van der Waals surface area contributed by atoms with Crippen molar-refractivity contribution in [2.45, 2.75) is 44.0 Å². The van der Waals surface area contributed by atoms with Crippen molar-refractivity contribution >= 4 is 38.9 Å². The first-order chi connectivity index (χ1) is 15.6. The number of carbonyl (C=O) groups is 2. The topological polar surface area (TPSA) is 90.0 Å². The SMILES string of the molecule is Cc1cc(C)cc(NC(=O)CN2C(=O)[C@@H]3CCCCN3c3ccc(S(=O)(=O)N(C)C)cc32)c1. The summed E-state index contributed by atoms with van der Waals surface area (Å²) in [6, 6.07) is 10.3. The van der Waals surface area contributed by atoms with Gasteiger partial charge in [-0.15, -0.1) is 0 Å². The molecule has 176 valence electrons. The third kappa shape index (κ3) is 4.47. The number of rotatable bonds is 5. The Morgan fingerprint density at radius 1 is 1.06 bits per heavy atom. The van der Waals surface area contributed by atoms with Gasteiger partial charge < -0.3 is 10.2 Å². The summed E-state index contributed by atoms with van der Waals surface area (Å²) in [5.74, 6) is -0.499. The fraction of sp³-hybridized carbons (Fsp3) is 0.417. The van der Waals surface area contributed by atoms with Crippen LogP contribution in [-0.4, -0.2) is 57.8 Å². The lowest BCUT2D eigenvalue weighted by molar-refractivity contribution is -0.123.